The van der Waals surface area contributed by atoms with Gasteiger partial charge in [0.2, 0.25) is 5.89 Å². The van der Waals surface area contributed by atoms with Crippen LogP contribution in [0.5, 0.6) is 0 Å². The lowest BCUT2D eigenvalue weighted by atomic mass is 10.2. The Morgan fingerprint density at radius 2 is 2.25 bits per heavy atom. The van der Waals surface area contributed by atoms with Gasteiger partial charge in [0, 0.05) is 32.0 Å². The lowest BCUT2D eigenvalue weighted by molar-refractivity contribution is 0.0791. The Balaban J connectivity index is 2.01. The summed E-state index contributed by atoms with van der Waals surface area (Å²) >= 11 is 5.65. The number of aromatic nitrogens is 2. The number of aryl methyl sites for hydroxylation is 1. The third-order valence-electron chi connectivity index (χ3n) is 2.75. The van der Waals surface area contributed by atoms with E-state index in [1.807, 2.05) is 0 Å². The molecule has 0 aliphatic heterocycles. The molecule has 0 bridgehead atoms. The van der Waals surface area contributed by atoms with Crippen LogP contribution in [0.15, 0.2) is 22.7 Å². The molecule has 0 radical (unpaired) electrons. The Kier molecular flexibility index (Phi) is 4.34. The van der Waals surface area contributed by atoms with Crippen molar-refractivity contribution in [3.8, 4) is 0 Å². The van der Waals surface area contributed by atoms with E-state index in [2.05, 4.69) is 10.1 Å². The molecule has 20 heavy (non-hydrogen) atoms. The minimum absolute atomic E-state index is 0.0128. The van der Waals surface area contributed by atoms with E-state index in [0.717, 1.165) is 6.07 Å². The van der Waals surface area contributed by atoms with Crippen LogP contribution in [-0.2, 0) is 6.42 Å². The minimum Gasteiger partial charge on any atom is -0.341 e. The molecular weight excluding hydrogens is 285 g/mol. The number of amides is 1. The van der Waals surface area contributed by atoms with Crippen molar-refractivity contribution in [2.75, 3.05) is 13.6 Å². The highest BCUT2D eigenvalue weighted by Crippen LogP contribution is 2.16. The van der Waals surface area contributed by atoms with E-state index >= 15 is 0 Å². The van der Waals surface area contributed by atoms with E-state index in [-0.39, 0.29) is 10.6 Å². The van der Waals surface area contributed by atoms with Crippen LogP contribution in [0.2, 0.25) is 5.02 Å². The lowest BCUT2D eigenvalue weighted by Crippen LogP contribution is -2.29. The summed E-state index contributed by atoms with van der Waals surface area (Å²) in [5.74, 6) is -0.0689. The van der Waals surface area contributed by atoms with Crippen molar-refractivity contribution in [2.45, 2.75) is 13.3 Å². The number of carbonyl (C=O) groups excluding carboxylic acids is 1. The summed E-state index contributed by atoms with van der Waals surface area (Å²) in [6.45, 7) is 2.05. The molecule has 1 amide bonds. The highest BCUT2D eigenvalue weighted by molar-refractivity contribution is 6.30. The number of nitrogens with zero attached hydrogens (tertiary/aromatic N) is 3. The predicted octanol–water partition coefficient (Wildman–Crippen LogP) is 2.49. The first-order valence-corrected chi connectivity index (χ1v) is 6.35. The van der Waals surface area contributed by atoms with Crippen molar-refractivity contribution < 1.29 is 13.7 Å². The Bertz CT molecular complexity index is 630. The fourth-order valence-corrected chi connectivity index (χ4v) is 1.84. The molecule has 1 aromatic carbocycles. The smallest absolute Gasteiger partial charge is 0.256 e. The van der Waals surface area contributed by atoms with E-state index < -0.39 is 11.7 Å². The van der Waals surface area contributed by atoms with Gasteiger partial charge in [-0.3, -0.25) is 4.79 Å². The van der Waals surface area contributed by atoms with Crippen LogP contribution in [-0.4, -0.2) is 34.5 Å². The first-order valence-electron chi connectivity index (χ1n) is 5.97. The standard InChI is InChI=1S/C13H13ClFN3O2/c1-8-16-12(17-20-8)5-6-18(2)13(19)10-4-3-9(14)7-11(10)15/h3-4,7H,5-6H2,1-2H3. The van der Waals surface area contributed by atoms with Gasteiger partial charge in [-0.2, -0.15) is 4.98 Å². The normalized spacial score (nSPS) is 10.6. The van der Waals surface area contributed by atoms with Crippen molar-refractivity contribution in [3.63, 3.8) is 0 Å². The number of hydrogen-bond donors (Lipinski definition) is 0. The Labute approximate surface area is 120 Å². The molecule has 5 nitrogen and oxygen atoms in total. The van der Waals surface area contributed by atoms with Crippen molar-refractivity contribution in [2.24, 2.45) is 0 Å². The molecule has 0 atom stereocenters. The van der Waals surface area contributed by atoms with Crippen LogP contribution >= 0.6 is 11.6 Å². The zero-order chi connectivity index (χ0) is 14.7. The fraction of sp³-hybridized carbons (Fsp3) is 0.308. The van der Waals surface area contributed by atoms with Crippen molar-refractivity contribution in [1.82, 2.24) is 15.0 Å². The Morgan fingerprint density at radius 3 is 2.85 bits per heavy atom. The van der Waals surface area contributed by atoms with Crippen LogP contribution in [0.3, 0.4) is 0 Å². The molecule has 0 aliphatic rings. The van der Waals surface area contributed by atoms with Crippen LogP contribution in [0, 0.1) is 12.7 Å². The van der Waals surface area contributed by atoms with E-state index in [1.165, 1.54) is 17.0 Å². The highest BCUT2D eigenvalue weighted by Gasteiger charge is 2.17. The summed E-state index contributed by atoms with van der Waals surface area (Å²) in [5.41, 5.74) is -0.0128. The van der Waals surface area contributed by atoms with Gasteiger partial charge in [0.1, 0.15) is 5.82 Å². The number of likely N-dealkylation sites (N-methyl/N-ethyl adjacent to an activating group) is 1. The van der Waals surface area contributed by atoms with Gasteiger partial charge in [-0.05, 0) is 18.2 Å². The second-order valence-corrected chi connectivity index (χ2v) is 4.77. The number of rotatable bonds is 4. The second-order valence-electron chi connectivity index (χ2n) is 4.33. The van der Waals surface area contributed by atoms with E-state index in [9.17, 15) is 9.18 Å². The van der Waals surface area contributed by atoms with E-state index in [1.54, 1.807) is 14.0 Å². The number of hydrogen-bond acceptors (Lipinski definition) is 4. The third-order valence-corrected chi connectivity index (χ3v) is 2.98. The van der Waals surface area contributed by atoms with Crippen LogP contribution in [0.4, 0.5) is 4.39 Å². The fourth-order valence-electron chi connectivity index (χ4n) is 1.68. The van der Waals surface area contributed by atoms with Crippen molar-refractivity contribution in [3.05, 3.63) is 46.3 Å². The molecule has 0 fully saturated rings. The summed E-state index contributed by atoms with van der Waals surface area (Å²) in [4.78, 5) is 17.5. The molecule has 0 spiro atoms. The van der Waals surface area contributed by atoms with Crippen molar-refractivity contribution in [1.29, 1.82) is 0 Å². The summed E-state index contributed by atoms with van der Waals surface area (Å²) in [5, 5.41) is 3.99. The topological polar surface area (TPSA) is 59.2 Å². The SMILES string of the molecule is Cc1nc(CCN(C)C(=O)c2ccc(Cl)cc2F)no1. The van der Waals surface area contributed by atoms with E-state index in [4.69, 9.17) is 16.1 Å². The average molecular weight is 298 g/mol. The van der Waals surface area contributed by atoms with Gasteiger partial charge in [-0.25, -0.2) is 4.39 Å². The molecular formula is C13H13ClFN3O2. The first kappa shape index (κ1) is 14.5. The van der Waals surface area contributed by atoms with Crippen molar-refractivity contribution >= 4 is 17.5 Å². The quantitative estimate of drug-likeness (QED) is 0.870. The average Bonchev–Trinajstić information content (AvgIpc) is 2.81. The zero-order valence-corrected chi connectivity index (χ0v) is 11.8. The molecule has 7 heteroatoms. The molecule has 0 unspecified atom stereocenters. The summed E-state index contributed by atoms with van der Waals surface area (Å²) < 4.78 is 18.5. The molecule has 106 valence electrons. The maximum atomic E-state index is 13.7. The van der Waals surface area contributed by atoms with E-state index in [0.29, 0.717) is 24.7 Å². The monoisotopic (exact) mass is 297 g/mol. The van der Waals surface area contributed by atoms with Crippen LogP contribution < -0.4 is 0 Å². The zero-order valence-electron chi connectivity index (χ0n) is 11.1. The molecule has 0 aliphatic carbocycles. The molecule has 1 heterocycles. The number of benzene rings is 1. The molecule has 2 aromatic rings. The lowest BCUT2D eigenvalue weighted by Gasteiger charge is -2.16. The van der Waals surface area contributed by atoms with Gasteiger partial charge < -0.3 is 9.42 Å². The number of carbonyl (C=O) groups is 1. The van der Waals surface area contributed by atoms with Gasteiger partial charge in [-0.1, -0.05) is 16.8 Å². The highest BCUT2D eigenvalue weighted by atomic mass is 35.5. The largest absolute Gasteiger partial charge is 0.341 e. The van der Waals surface area contributed by atoms with Gasteiger partial charge in [0.15, 0.2) is 5.82 Å². The van der Waals surface area contributed by atoms with Gasteiger partial charge in [0.25, 0.3) is 5.91 Å². The molecule has 2 rings (SSSR count). The predicted molar refractivity (Wildman–Crippen MR) is 71.1 cm³/mol. The summed E-state index contributed by atoms with van der Waals surface area (Å²) in [6.07, 6.45) is 0.439. The molecule has 0 saturated carbocycles. The molecule has 1 aromatic heterocycles. The maximum absolute atomic E-state index is 13.7. The number of halogens is 2. The maximum Gasteiger partial charge on any atom is 0.256 e. The van der Waals surface area contributed by atoms with Gasteiger partial charge in [0.05, 0.1) is 5.56 Å². The van der Waals surface area contributed by atoms with Crippen LogP contribution in [0.1, 0.15) is 22.1 Å². The molecule has 0 N–H and O–H groups in total. The second kappa shape index (κ2) is 6.00. The van der Waals surface area contributed by atoms with Crippen LogP contribution in [0.25, 0.3) is 0 Å². The first-order chi connectivity index (χ1) is 9.47. The summed E-state index contributed by atoms with van der Waals surface area (Å²) in [6, 6.07) is 3.97. The Hall–Kier alpha value is -1.95. The summed E-state index contributed by atoms with van der Waals surface area (Å²) in [7, 11) is 1.59. The van der Waals surface area contributed by atoms with Gasteiger partial charge in [-0.15, -0.1) is 0 Å². The Morgan fingerprint density at radius 1 is 1.50 bits per heavy atom. The van der Waals surface area contributed by atoms with Gasteiger partial charge >= 0.3 is 0 Å². The minimum atomic E-state index is -0.634. The third kappa shape index (κ3) is 3.33. The molecule has 0 saturated heterocycles.